The molecule has 2 amide bonds. The van der Waals surface area contributed by atoms with E-state index in [4.69, 9.17) is 0 Å². The van der Waals surface area contributed by atoms with Gasteiger partial charge in [-0.1, -0.05) is 25.5 Å². The Bertz CT molecular complexity index is 757. The van der Waals surface area contributed by atoms with E-state index in [0.29, 0.717) is 37.6 Å². The predicted molar refractivity (Wildman–Crippen MR) is 107 cm³/mol. The number of sulfonamides is 1. The van der Waals surface area contributed by atoms with Crippen molar-refractivity contribution in [1.82, 2.24) is 19.8 Å². The maximum atomic E-state index is 12.8. The molecule has 2 rings (SSSR count). The van der Waals surface area contributed by atoms with Gasteiger partial charge in [-0.3, -0.25) is 14.5 Å². The van der Waals surface area contributed by atoms with E-state index in [-0.39, 0.29) is 24.9 Å². The molecule has 0 spiro atoms. The van der Waals surface area contributed by atoms with Gasteiger partial charge in [-0.05, 0) is 31.0 Å². The number of aryl methyl sites for hydroxylation is 1. The Morgan fingerprint density at radius 2 is 1.61 bits per heavy atom. The van der Waals surface area contributed by atoms with E-state index in [1.165, 1.54) is 4.31 Å². The van der Waals surface area contributed by atoms with Crippen molar-refractivity contribution in [3.05, 3.63) is 29.8 Å². The Balaban J connectivity index is 1.83. The largest absolute Gasteiger partial charge is 0.355 e. The van der Waals surface area contributed by atoms with Crippen LogP contribution in [-0.4, -0.2) is 75.3 Å². The van der Waals surface area contributed by atoms with Gasteiger partial charge < -0.3 is 10.6 Å². The summed E-state index contributed by atoms with van der Waals surface area (Å²) in [5.74, 6) is -0.467. The maximum absolute atomic E-state index is 12.8. The summed E-state index contributed by atoms with van der Waals surface area (Å²) >= 11 is 0. The van der Waals surface area contributed by atoms with Gasteiger partial charge in [-0.15, -0.1) is 0 Å². The number of nitrogens with one attached hydrogen (secondary N) is 2. The molecule has 0 unspecified atom stereocenters. The molecule has 8 nitrogen and oxygen atoms in total. The van der Waals surface area contributed by atoms with E-state index in [1.807, 2.05) is 24.0 Å². The number of amides is 2. The third kappa shape index (κ3) is 6.29. The SMILES string of the molecule is CCCc1ccc(S(=O)(=O)N2CCN(CC(=O)NCC(=O)NCC)CC2)cc1. The number of hydrogen-bond donors (Lipinski definition) is 2. The second kappa shape index (κ2) is 10.5. The first-order valence-electron chi connectivity index (χ1n) is 9.71. The quantitative estimate of drug-likeness (QED) is 0.606. The van der Waals surface area contributed by atoms with Gasteiger partial charge in [0.2, 0.25) is 21.8 Å². The average molecular weight is 411 g/mol. The normalized spacial score (nSPS) is 15.9. The molecule has 0 atom stereocenters. The van der Waals surface area contributed by atoms with Gasteiger partial charge in [0.15, 0.2) is 0 Å². The highest BCUT2D eigenvalue weighted by Gasteiger charge is 2.29. The lowest BCUT2D eigenvalue weighted by atomic mass is 10.1. The van der Waals surface area contributed by atoms with Crippen molar-refractivity contribution < 1.29 is 18.0 Å². The van der Waals surface area contributed by atoms with Crippen LogP contribution in [-0.2, 0) is 26.0 Å². The number of hydrogen-bond acceptors (Lipinski definition) is 5. The number of rotatable bonds is 9. The number of piperazine rings is 1. The number of benzene rings is 1. The first-order valence-corrected chi connectivity index (χ1v) is 11.2. The lowest BCUT2D eigenvalue weighted by Crippen LogP contribution is -2.51. The summed E-state index contributed by atoms with van der Waals surface area (Å²) in [6.45, 7) is 6.15. The molecule has 1 fully saturated rings. The van der Waals surface area contributed by atoms with Crippen LogP contribution < -0.4 is 10.6 Å². The van der Waals surface area contributed by atoms with Crippen molar-refractivity contribution in [2.75, 3.05) is 45.8 Å². The molecule has 28 heavy (non-hydrogen) atoms. The van der Waals surface area contributed by atoms with Crippen LogP contribution in [0.1, 0.15) is 25.8 Å². The van der Waals surface area contributed by atoms with E-state index >= 15 is 0 Å². The van der Waals surface area contributed by atoms with Crippen LogP contribution in [0.4, 0.5) is 0 Å². The van der Waals surface area contributed by atoms with Crippen molar-refractivity contribution in [2.45, 2.75) is 31.6 Å². The second-order valence-electron chi connectivity index (χ2n) is 6.80. The maximum Gasteiger partial charge on any atom is 0.243 e. The van der Waals surface area contributed by atoms with Gasteiger partial charge >= 0.3 is 0 Å². The lowest BCUT2D eigenvalue weighted by molar-refractivity contribution is -0.126. The Labute approximate surface area is 167 Å². The molecule has 0 bridgehead atoms. The first-order chi connectivity index (χ1) is 13.4. The molecule has 1 aromatic carbocycles. The van der Waals surface area contributed by atoms with Gasteiger partial charge in [0.25, 0.3) is 0 Å². The standard InChI is InChI=1S/C19H30N4O4S/c1-3-5-16-6-8-17(9-7-16)28(26,27)23-12-10-22(11-13-23)15-19(25)21-14-18(24)20-4-2/h6-9H,3-5,10-15H2,1-2H3,(H,20,24)(H,21,25). The molecule has 2 N–H and O–H groups in total. The minimum atomic E-state index is -3.52. The van der Waals surface area contributed by atoms with Crippen molar-refractivity contribution in [3.63, 3.8) is 0 Å². The molecule has 1 saturated heterocycles. The summed E-state index contributed by atoms with van der Waals surface area (Å²) in [5, 5.41) is 5.19. The van der Waals surface area contributed by atoms with Crippen LogP contribution in [0.25, 0.3) is 0 Å². The number of carbonyl (C=O) groups is 2. The molecule has 0 saturated carbocycles. The fourth-order valence-corrected chi connectivity index (χ4v) is 4.51. The van der Waals surface area contributed by atoms with Crippen molar-refractivity contribution >= 4 is 21.8 Å². The topological polar surface area (TPSA) is 98.8 Å². The number of carbonyl (C=O) groups excluding carboxylic acids is 2. The fraction of sp³-hybridized carbons (Fsp3) is 0.579. The molecular weight excluding hydrogens is 380 g/mol. The summed E-state index contributed by atoms with van der Waals surface area (Å²) in [6, 6.07) is 7.07. The summed E-state index contributed by atoms with van der Waals surface area (Å²) in [4.78, 5) is 25.5. The van der Waals surface area contributed by atoms with Gasteiger partial charge in [0.1, 0.15) is 0 Å². The Morgan fingerprint density at radius 1 is 0.964 bits per heavy atom. The minimum absolute atomic E-state index is 0.0466. The molecule has 9 heteroatoms. The molecule has 0 radical (unpaired) electrons. The van der Waals surface area contributed by atoms with E-state index in [0.717, 1.165) is 18.4 Å². The monoisotopic (exact) mass is 410 g/mol. The number of likely N-dealkylation sites (N-methyl/N-ethyl adjacent to an activating group) is 1. The first kappa shape index (κ1) is 22.3. The highest BCUT2D eigenvalue weighted by molar-refractivity contribution is 7.89. The van der Waals surface area contributed by atoms with E-state index in [2.05, 4.69) is 17.6 Å². The molecule has 1 aromatic rings. The number of nitrogens with zero attached hydrogens (tertiary/aromatic N) is 2. The van der Waals surface area contributed by atoms with E-state index < -0.39 is 10.0 Å². The zero-order valence-corrected chi connectivity index (χ0v) is 17.4. The average Bonchev–Trinajstić information content (AvgIpc) is 2.68. The van der Waals surface area contributed by atoms with Crippen LogP contribution in [0.15, 0.2) is 29.2 Å². The van der Waals surface area contributed by atoms with Crippen LogP contribution >= 0.6 is 0 Å². The molecule has 156 valence electrons. The lowest BCUT2D eigenvalue weighted by Gasteiger charge is -2.33. The van der Waals surface area contributed by atoms with E-state index in [1.54, 1.807) is 12.1 Å². The Morgan fingerprint density at radius 3 is 2.18 bits per heavy atom. The van der Waals surface area contributed by atoms with Gasteiger partial charge in [-0.2, -0.15) is 4.31 Å². The van der Waals surface area contributed by atoms with Crippen LogP contribution in [0, 0.1) is 0 Å². The third-order valence-corrected chi connectivity index (χ3v) is 6.53. The van der Waals surface area contributed by atoms with E-state index in [9.17, 15) is 18.0 Å². The molecule has 1 heterocycles. The fourth-order valence-electron chi connectivity index (χ4n) is 3.09. The predicted octanol–water partition coefficient (Wildman–Crippen LogP) is 0.198. The Hall–Kier alpha value is -1.97. The second-order valence-corrected chi connectivity index (χ2v) is 8.74. The van der Waals surface area contributed by atoms with Crippen LogP contribution in [0.2, 0.25) is 0 Å². The van der Waals surface area contributed by atoms with Crippen molar-refractivity contribution in [3.8, 4) is 0 Å². The van der Waals surface area contributed by atoms with Crippen LogP contribution in [0.5, 0.6) is 0 Å². The molecular formula is C19H30N4O4S. The summed E-state index contributed by atoms with van der Waals surface area (Å²) in [6.07, 6.45) is 1.95. The molecule has 0 aliphatic carbocycles. The van der Waals surface area contributed by atoms with Gasteiger partial charge in [-0.25, -0.2) is 8.42 Å². The summed E-state index contributed by atoms with van der Waals surface area (Å²) in [5.41, 5.74) is 1.13. The van der Waals surface area contributed by atoms with Gasteiger partial charge in [0.05, 0.1) is 18.0 Å². The van der Waals surface area contributed by atoms with Crippen LogP contribution in [0.3, 0.4) is 0 Å². The molecule has 1 aliphatic heterocycles. The summed E-state index contributed by atoms with van der Waals surface area (Å²) in [7, 11) is -3.52. The summed E-state index contributed by atoms with van der Waals surface area (Å²) < 4.78 is 27.1. The highest BCUT2D eigenvalue weighted by Crippen LogP contribution is 2.18. The molecule has 0 aromatic heterocycles. The van der Waals surface area contributed by atoms with Crippen molar-refractivity contribution in [2.24, 2.45) is 0 Å². The third-order valence-electron chi connectivity index (χ3n) is 4.62. The zero-order chi connectivity index (χ0) is 20.6. The van der Waals surface area contributed by atoms with Crippen molar-refractivity contribution in [1.29, 1.82) is 0 Å². The smallest absolute Gasteiger partial charge is 0.243 e. The molecule has 1 aliphatic rings. The Kier molecular flexibility index (Phi) is 8.40. The minimum Gasteiger partial charge on any atom is -0.355 e. The zero-order valence-electron chi connectivity index (χ0n) is 16.6. The highest BCUT2D eigenvalue weighted by atomic mass is 32.2. The van der Waals surface area contributed by atoms with Gasteiger partial charge in [0, 0.05) is 32.7 Å².